The second-order valence-electron chi connectivity index (χ2n) is 8.55. The molecule has 1 aromatic carbocycles. The zero-order valence-corrected chi connectivity index (χ0v) is 17.9. The Balaban J connectivity index is 1.67. The number of aliphatic hydroxyl groups is 1. The number of ether oxygens (including phenoxy) is 1. The van der Waals surface area contributed by atoms with Crippen LogP contribution >= 0.6 is 0 Å². The third-order valence-corrected chi connectivity index (χ3v) is 7.71. The lowest BCUT2D eigenvalue weighted by Gasteiger charge is -2.37. The molecule has 1 saturated heterocycles. The number of nitrogens with zero attached hydrogens (tertiary/aromatic N) is 1. The van der Waals surface area contributed by atoms with Gasteiger partial charge in [0.2, 0.25) is 0 Å². The van der Waals surface area contributed by atoms with Gasteiger partial charge < -0.3 is 14.9 Å². The van der Waals surface area contributed by atoms with E-state index >= 15 is 0 Å². The summed E-state index contributed by atoms with van der Waals surface area (Å²) in [6.45, 7) is 2.97. The van der Waals surface area contributed by atoms with Crippen LogP contribution in [0.25, 0.3) is 0 Å². The Labute approximate surface area is 175 Å². The molecule has 9 heteroatoms. The molecule has 8 nitrogen and oxygen atoms in total. The number of rotatable bonds is 5. The van der Waals surface area contributed by atoms with Crippen molar-refractivity contribution in [1.82, 2.24) is 0 Å². The van der Waals surface area contributed by atoms with E-state index in [1.807, 2.05) is 0 Å². The van der Waals surface area contributed by atoms with Crippen LogP contribution in [0.5, 0.6) is 0 Å². The van der Waals surface area contributed by atoms with Gasteiger partial charge >= 0.3 is 12.1 Å². The van der Waals surface area contributed by atoms with Crippen LogP contribution in [0, 0.1) is 17.8 Å². The highest BCUT2D eigenvalue weighted by molar-refractivity contribution is 7.92. The monoisotopic (exact) mass is 435 g/mol. The molecular weight excluding hydrogens is 410 g/mol. The lowest BCUT2D eigenvalue weighted by molar-refractivity contribution is -0.140. The molecule has 0 radical (unpaired) electrons. The van der Waals surface area contributed by atoms with Gasteiger partial charge in [0.1, 0.15) is 6.10 Å². The Hall–Kier alpha value is -2.57. The number of amides is 1. The summed E-state index contributed by atoms with van der Waals surface area (Å²) in [4.78, 5) is 25.1. The molecule has 0 bridgehead atoms. The summed E-state index contributed by atoms with van der Waals surface area (Å²) >= 11 is 0. The average Bonchev–Trinajstić information content (AvgIpc) is 2.97. The number of anilines is 1. The third-order valence-electron chi connectivity index (χ3n) is 5.73. The first-order valence-electron chi connectivity index (χ1n) is 9.56. The Morgan fingerprint density at radius 3 is 2.43 bits per heavy atom. The highest BCUT2D eigenvalue weighted by atomic mass is 32.2. The van der Waals surface area contributed by atoms with E-state index in [2.05, 4.69) is 11.8 Å². The minimum Gasteiger partial charge on any atom is -0.480 e. The first-order valence-corrected chi connectivity index (χ1v) is 11.4. The molecule has 30 heavy (non-hydrogen) atoms. The van der Waals surface area contributed by atoms with Crippen LogP contribution < -0.4 is 4.90 Å². The van der Waals surface area contributed by atoms with E-state index in [0.29, 0.717) is 18.5 Å². The molecule has 2 aliphatic rings. The lowest BCUT2D eigenvalue weighted by atomic mass is 9.72. The number of carboxylic acid groups (broad SMARTS) is 1. The van der Waals surface area contributed by atoms with Crippen LogP contribution in [0.4, 0.5) is 10.5 Å². The Bertz CT molecular complexity index is 1010. The second-order valence-corrected chi connectivity index (χ2v) is 11.0. The van der Waals surface area contributed by atoms with Crippen LogP contribution in [0.2, 0.25) is 0 Å². The highest BCUT2D eigenvalue weighted by Crippen LogP contribution is 2.36. The maximum atomic E-state index is 12.3. The first-order chi connectivity index (χ1) is 13.8. The molecule has 0 aromatic heterocycles. The number of aliphatic carboxylic acids is 1. The van der Waals surface area contributed by atoms with Gasteiger partial charge in [-0.15, -0.1) is 0 Å². The van der Waals surface area contributed by atoms with E-state index in [1.165, 1.54) is 4.90 Å². The molecule has 2 unspecified atom stereocenters. The maximum Gasteiger partial charge on any atom is 0.414 e. The Morgan fingerprint density at radius 2 is 1.93 bits per heavy atom. The smallest absolute Gasteiger partial charge is 0.414 e. The largest absolute Gasteiger partial charge is 0.480 e. The fourth-order valence-electron chi connectivity index (χ4n) is 3.68. The van der Waals surface area contributed by atoms with Gasteiger partial charge in [0.25, 0.3) is 0 Å². The summed E-state index contributed by atoms with van der Waals surface area (Å²) < 4.78 is 27.1. The van der Waals surface area contributed by atoms with E-state index in [-0.39, 0.29) is 18.9 Å². The van der Waals surface area contributed by atoms with Gasteiger partial charge in [-0.3, -0.25) is 9.69 Å². The topological polar surface area (TPSA) is 121 Å². The molecule has 2 N–H and O–H groups in total. The molecule has 1 aromatic rings. The van der Waals surface area contributed by atoms with Gasteiger partial charge in [-0.25, -0.2) is 13.2 Å². The molecule has 2 fully saturated rings. The molecule has 3 rings (SSSR count). The predicted octanol–water partition coefficient (Wildman–Crippen LogP) is 1.80. The van der Waals surface area contributed by atoms with Crippen molar-refractivity contribution in [1.29, 1.82) is 0 Å². The van der Waals surface area contributed by atoms with Crippen LogP contribution in [-0.2, 0) is 19.4 Å². The molecule has 1 amide bonds. The molecule has 0 spiro atoms. The van der Waals surface area contributed by atoms with Crippen LogP contribution in [-0.4, -0.2) is 59.9 Å². The average molecular weight is 435 g/mol. The van der Waals surface area contributed by atoms with Crippen molar-refractivity contribution in [3.05, 3.63) is 29.8 Å². The Morgan fingerprint density at radius 1 is 1.33 bits per heavy atom. The van der Waals surface area contributed by atoms with E-state index in [9.17, 15) is 28.2 Å². The summed E-state index contributed by atoms with van der Waals surface area (Å²) in [5, 5.41) is 19.1. The van der Waals surface area contributed by atoms with E-state index < -0.39 is 38.4 Å². The van der Waals surface area contributed by atoms with Crippen molar-refractivity contribution >= 4 is 27.6 Å². The van der Waals surface area contributed by atoms with E-state index in [4.69, 9.17) is 4.74 Å². The minimum atomic E-state index is -3.91. The summed E-state index contributed by atoms with van der Waals surface area (Å²) in [6.07, 6.45) is 0.318. The van der Waals surface area contributed by atoms with Gasteiger partial charge in [0.15, 0.2) is 14.6 Å². The predicted molar refractivity (Wildman–Crippen MR) is 110 cm³/mol. The standard InChI is InChI=1S/C21H25NO7S/c1-20(26)10-15(11-20)5-4-14-6-8-16(9-7-14)22-13-17(29-19(22)25)12-21(2,18(23)24)30(3,27)28/h6-9,15,17,26H,10-13H2,1-3H3,(H,23,24). The van der Waals surface area contributed by atoms with Gasteiger partial charge in [-0.2, -0.15) is 0 Å². The number of carbonyl (C=O) groups excluding carboxylic acids is 1. The van der Waals surface area contributed by atoms with Gasteiger partial charge in [0, 0.05) is 29.8 Å². The van der Waals surface area contributed by atoms with Gasteiger partial charge in [-0.05, 0) is 51.0 Å². The summed E-state index contributed by atoms with van der Waals surface area (Å²) in [6, 6.07) is 6.93. The SMILES string of the molecule is CC1(O)CC(C#Cc2ccc(N3CC(CC(C)(C(=O)O)S(C)(=O)=O)OC3=O)cc2)C1. The summed E-state index contributed by atoms with van der Waals surface area (Å²) in [7, 11) is -3.91. The van der Waals surface area contributed by atoms with E-state index in [0.717, 1.165) is 18.7 Å². The van der Waals surface area contributed by atoms with Crippen LogP contribution in [0.15, 0.2) is 24.3 Å². The van der Waals surface area contributed by atoms with Gasteiger partial charge in [-0.1, -0.05) is 11.8 Å². The number of sulfone groups is 1. The highest BCUT2D eigenvalue weighted by Gasteiger charge is 2.48. The van der Waals surface area contributed by atoms with Crippen molar-refractivity contribution < 1.29 is 33.0 Å². The summed E-state index contributed by atoms with van der Waals surface area (Å²) in [5.74, 6) is 4.87. The number of cyclic esters (lactones) is 1. The van der Waals surface area contributed by atoms with Crippen LogP contribution in [0.1, 0.15) is 38.7 Å². The fourth-order valence-corrected chi connectivity index (χ4v) is 4.49. The molecule has 1 aliphatic heterocycles. The zero-order valence-electron chi connectivity index (χ0n) is 17.1. The molecular formula is C21H25NO7S. The van der Waals surface area contributed by atoms with Crippen LogP contribution in [0.3, 0.4) is 0 Å². The van der Waals surface area contributed by atoms with Crippen molar-refractivity contribution in [3.63, 3.8) is 0 Å². The maximum absolute atomic E-state index is 12.3. The summed E-state index contributed by atoms with van der Waals surface area (Å²) in [5.41, 5.74) is 0.699. The molecule has 1 aliphatic carbocycles. The Kier molecular flexibility index (Phi) is 5.60. The number of hydrogen-bond acceptors (Lipinski definition) is 6. The molecule has 162 valence electrons. The number of carboxylic acids is 1. The lowest BCUT2D eigenvalue weighted by Crippen LogP contribution is -2.46. The number of carbonyl (C=O) groups is 2. The quantitative estimate of drug-likeness (QED) is 0.677. The second kappa shape index (κ2) is 7.60. The fraction of sp³-hybridized carbons (Fsp3) is 0.524. The van der Waals surface area contributed by atoms with E-state index in [1.54, 1.807) is 31.2 Å². The van der Waals surface area contributed by atoms with Crippen molar-refractivity contribution in [2.45, 2.75) is 49.6 Å². The molecule has 1 heterocycles. The van der Waals surface area contributed by atoms with Crippen molar-refractivity contribution in [2.75, 3.05) is 17.7 Å². The number of benzene rings is 1. The molecule has 1 saturated carbocycles. The number of hydrogen-bond donors (Lipinski definition) is 2. The normalized spacial score (nSPS) is 28.0. The zero-order chi connectivity index (χ0) is 22.3. The van der Waals surface area contributed by atoms with Crippen molar-refractivity contribution in [2.24, 2.45) is 5.92 Å². The third kappa shape index (κ3) is 4.45. The minimum absolute atomic E-state index is 0.0550. The molecule has 2 atom stereocenters. The first kappa shape index (κ1) is 22.1. The van der Waals surface area contributed by atoms with Crippen molar-refractivity contribution in [3.8, 4) is 11.8 Å². The van der Waals surface area contributed by atoms with Gasteiger partial charge in [0.05, 0.1) is 12.1 Å².